The van der Waals surface area contributed by atoms with Gasteiger partial charge in [-0.05, 0) is 44.0 Å². The first kappa shape index (κ1) is 13.2. The van der Waals surface area contributed by atoms with Gasteiger partial charge in [-0.25, -0.2) is 4.98 Å². The van der Waals surface area contributed by atoms with Crippen LogP contribution in [0.3, 0.4) is 0 Å². The molecule has 0 radical (unpaired) electrons. The lowest BCUT2D eigenvalue weighted by molar-refractivity contribution is 0.260. The smallest absolute Gasteiger partial charge is 0.147 e. The average molecular weight is 281 g/mol. The fourth-order valence-corrected chi connectivity index (χ4v) is 3.46. The van der Waals surface area contributed by atoms with Crippen LogP contribution < -0.4 is 10.6 Å². The fourth-order valence-electron chi connectivity index (χ4n) is 3.15. The molecule has 2 aliphatic heterocycles. The molecule has 1 aromatic rings. The van der Waals surface area contributed by atoms with E-state index in [0.29, 0.717) is 12.6 Å². The highest BCUT2D eigenvalue weighted by Crippen LogP contribution is 2.29. The van der Waals surface area contributed by atoms with Crippen molar-refractivity contribution in [2.24, 2.45) is 5.73 Å². The quantitative estimate of drug-likeness (QED) is 0.918. The number of anilines is 1. The van der Waals surface area contributed by atoms with Crippen molar-refractivity contribution >= 4 is 17.4 Å². The van der Waals surface area contributed by atoms with Crippen LogP contribution in [0.4, 0.5) is 5.82 Å². The Bertz CT molecular complexity index is 445. The van der Waals surface area contributed by atoms with E-state index < -0.39 is 0 Å². The summed E-state index contributed by atoms with van der Waals surface area (Å²) in [6, 6.07) is 2.61. The molecule has 1 atom stereocenters. The van der Waals surface area contributed by atoms with E-state index in [-0.39, 0.29) is 0 Å². The molecule has 0 bridgehead atoms. The van der Waals surface area contributed by atoms with Gasteiger partial charge < -0.3 is 10.6 Å². The molecule has 19 heavy (non-hydrogen) atoms. The number of aromatic nitrogens is 1. The van der Waals surface area contributed by atoms with Crippen LogP contribution in [0.25, 0.3) is 0 Å². The first-order valence-corrected chi connectivity index (χ1v) is 7.49. The molecule has 4 nitrogen and oxygen atoms in total. The Morgan fingerprint density at radius 2 is 2.11 bits per heavy atom. The van der Waals surface area contributed by atoms with Crippen LogP contribution in [-0.2, 0) is 6.54 Å². The Labute approximate surface area is 119 Å². The molecule has 5 heteroatoms. The highest BCUT2D eigenvalue weighted by Gasteiger charge is 2.30. The number of nitrogens with zero attached hydrogens (tertiary/aromatic N) is 3. The average Bonchev–Trinajstić information content (AvgIpc) is 3.09. The molecule has 0 saturated carbocycles. The van der Waals surface area contributed by atoms with Crippen molar-refractivity contribution in [3.8, 4) is 0 Å². The van der Waals surface area contributed by atoms with Crippen LogP contribution in [0, 0.1) is 0 Å². The first-order valence-electron chi connectivity index (χ1n) is 7.11. The maximum Gasteiger partial charge on any atom is 0.147 e. The molecule has 3 rings (SSSR count). The van der Waals surface area contributed by atoms with Crippen LogP contribution >= 0.6 is 11.6 Å². The summed E-state index contributed by atoms with van der Waals surface area (Å²) >= 11 is 6.32. The third-order valence-corrected chi connectivity index (χ3v) is 4.51. The molecule has 0 spiro atoms. The van der Waals surface area contributed by atoms with Gasteiger partial charge in [0.05, 0.1) is 5.02 Å². The molecule has 2 aliphatic rings. The van der Waals surface area contributed by atoms with Gasteiger partial charge >= 0.3 is 0 Å². The van der Waals surface area contributed by atoms with Crippen LogP contribution in [0.15, 0.2) is 12.3 Å². The highest BCUT2D eigenvalue weighted by atomic mass is 35.5. The van der Waals surface area contributed by atoms with Crippen LogP contribution in [0.1, 0.15) is 24.8 Å². The summed E-state index contributed by atoms with van der Waals surface area (Å²) in [5.74, 6) is 0.917. The SMILES string of the molecule is NCc1cnc(N2CCC(N3CCCC3)C2)c(Cl)c1. The summed E-state index contributed by atoms with van der Waals surface area (Å²) in [4.78, 5) is 9.41. The number of nitrogens with two attached hydrogens (primary N) is 1. The zero-order chi connectivity index (χ0) is 13.2. The number of rotatable bonds is 3. The topological polar surface area (TPSA) is 45.4 Å². The lowest BCUT2D eigenvalue weighted by Crippen LogP contribution is -2.35. The minimum Gasteiger partial charge on any atom is -0.354 e. The number of hydrogen-bond donors (Lipinski definition) is 1. The van der Waals surface area contributed by atoms with Crippen molar-refractivity contribution in [1.29, 1.82) is 0 Å². The van der Waals surface area contributed by atoms with E-state index >= 15 is 0 Å². The van der Waals surface area contributed by atoms with Crippen LogP contribution in [0.2, 0.25) is 5.02 Å². The summed E-state index contributed by atoms with van der Waals surface area (Å²) in [6.45, 7) is 5.10. The summed E-state index contributed by atoms with van der Waals surface area (Å²) in [7, 11) is 0. The number of likely N-dealkylation sites (tertiary alicyclic amines) is 1. The molecule has 3 heterocycles. The Kier molecular flexibility index (Phi) is 3.91. The molecule has 0 aliphatic carbocycles. The largest absolute Gasteiger partial charge is 0.354 e. The molecule has 1 aromatic heterocycles. The molecular formula is C14H21ClN4. The number of halogens is 1. The maximum atomic E-state index is 6.32. The second-order valence-electron chi connectivity index (χ2n) is 5.48. The fraction of sp³-hybridized carbons (Fsp3) is 0.643. The van der Waals surface area contributed by atoms with Gasteiger partial charge in [0.2, 0.25) is 0 Å². The molecule has 2 saturated heterocycles. The van der Waals surface area contributed by atoms with Gasteiger partial charge in [0.15, 0.2) is 0 Å². The third kappa shape index (κ3) is 2.71. The van der Waals surface area contributed by atoms with Gasteiger partial charge in [-0.2, -0.15) is 0 Å². The van der Waals surface area contributed by atoms with Crippen molar-refractivity contribution in [3.05, 3.63) is 22.8 Å². The van der Waals surface area contributed by atoms with Gasteiger partial charge in [-0.1, -0.05) is 11.6 Å². The van der Waals surface area contributed by atoms with Crippen molar-refractivity contribution in [3.63, 3.8) is 0 Å². The van der Waals surface area contributed by atoms with Gasteiger partial charge in [0.25, 0.3) is 0 Å². The van der Waals surface area contributed by atoms with Crippen molar-refractivity contribution in [1.82, 2.24) is 9.88 Å². The lowest BCUT2D eigenvalue weighted by Gasteiger charge is -2.24. The minimum atomic E-state index is 0.489. The summed E-state index contributed by atoms with van der Waals surface area (Å²) in [5, 5.41) is 0.727. The Morgan fingerprint density at radius 3 is 2.79 bits per heavy atom. The van der Waals surface area contributed by atoms with Crippen molar-refractivity contribution < 1.29 is 0 Å². The zero-order valence-electron chi connectivity index (χ0n) is 11.2. The Balaban J connectivity index is 1.70. The second kappa shape index (κ2) is 5.65. The first-order chi connectivity index (χ1) is 9.28. The van der Waals surface area contributed by atoms with Crippen molar-refractivity contribution in [2.75, 3.05) is 31.1 Å². The molecule has 0 aromatic carbocycles. The van der Waals surface area contributed by atoms with E-state index in [0.717, 1.165) is 29.5 Å². The van der Waals surface area contributed by atoms with Gasteiger partial charge in [-0.15, -0.1) is 0 Å². The van der Waals surface area contributed by atoms with E-state index in [1.54, 1.807) is 0 Å². The predicted octanol–water partition coefficient (Wildman–Crippen LogP) is 1.87. The Morgan fingerprint density at radius 1 is 1.32 bits per heavy atom. The van der Waals surface area contributed by atoms with Gasteiger partial charge in [0.1, 0.15) is 5.82 Å². The number of hydrogen-bond acceptors (Lipinski definition) is 4. The lowest BCUT2D eigenvalue weighted by atomic mass is 10.2. The summed E-state index contributed by atoms with van der Waals surface area (Å²) in [5.41, 5.74) is 6.60. The van der Waals surface area contributed by atoms with Crippen LogP contribution in [-0.4, -0.2) is 42.1 Å². The molecule has 2 fully saturated rings. The summed E-state index contributed by atoms with van der Waals surface area (Å²) in [6.07, 6.45) is 5.75. The standard InChI is InChI=1S/C14H21ClN4/c15-13-7-11(8-16)9-17-14(13)19-6-3-12(10-19)18-4-1-2-5-18/h7,9,12H,1-6,8,10,16H2. The monoisotopic (exact) mass is 280 g/mol. The van der Waals surface area contributed by atoms with E-state index in [1.807, 2.05) is 12.3 Å². The van der Waals surface area contributed by atoms with E-state index in [2.05, 4.69) is 14.8 Å². The molecule has 1 unspecified atom stereocenters. The Hall–Kier alpha value is -0.840. The zero-order valence-corrected chi connectivity index (χ0v) is 11.9. The molecule has 2 N–H and O–H groups in total. The van der Waals surface area contributed by atoms with Gasteiger partial charge in [-0.3, -0.25) is 4.90 Å². The summed E-state index contributed by atoms with van der Waals surface area (Å²) < 4.78 is 0. The van der Waals surface area contributed by atoms with Crippen molar-refractivity contribution in [2.45, 2.75) is 31.8 Å². The molecule has 104 valence electrons. The highest BCUT2D eigenvalue weighted by molar-refractivity contribution is 6.33. The molecular weight excluding hydrogens is 260 g/mol. The maximum absolute atomic E-state index is 6.32. The minimum absolute atomic E-state index is 0.489. The van der Waals surface area contributed by atoms with Gasteiger partial charge in [0, 0.05) is 31.9 Å². The van der Waals surface area contributed by atoms with Crippen LogP contribution in [0.5, 0.6) is 0 Å². The normalized spacial score (nSPS) is 24.3. The molecule has 0 amide bonds. The second-order valence-corrected chi connectivity index (χ2v) is 5.89. The number of pyridine rings is 1. The third-order valence-electron chi connectivity index (χ3n) is 4.23. The van der Waals surface area contributed by atoms with E-state index in [1.165, 1.54) is 32.4 Å². The van der Waals surface area contributed by atoms with E-state index in [9.17, 15) is 0 Å². The predicted molar refractivity (Wildman–Crippen MR) is 78.6 cm³/mol. The van der Waals surface area contributed by atoms with E-state index in [4.69, 9.17) is 17.3 Å².